The van der Waals surface area contributed by atoms with Crippen molar-refractivity contribution in [2.24, 2.45) is 0 Å². The van der Waals surface area contributed by atoms with Gasteiger partial charge in [-0.1, -0.05) is 6.07 Å². The highest BCUT2D eigenvalue weighted by Gasteiger charge is 2.22. The van der Waals surface area contributed by atoms with Crippen LogP contribution in [-0.4, -0.2) is 38.3 Å². The van der Waals surface area contributed by atoms with Crippen LogP contribution in [-0.2, 0) is 10.8 Å². The van der Waals surface area contributed by atoms with E-state index in [1.165, 1.54) is 24.5 Å². The van der Waals surface area contributed by atoms with Crippen LogP contribution < -0.4 is 5.32 Å². The average molecular weight is 286 g/mol. The zero-order chi connectivity index (χ0) is 14.6. The number of nitro groups is 1. The van der Waals surface area contributed by atoms with Gasteiger partial charge < -0.3 is 10.4 Å². The number of carboxylic acid groups (broad SMARTS) is 1. The number of nitro benzene ring substituents is 1. The van der Waals surface area contributed by atoms with E-state index in [2.05, 4.69) is 5.32 Å². The highest BCUT2D eigenvalue weighted by molar-refractivity contribution is 7.84. The van der Waals surface area contributed by atoms with Gasteiger partial charge in [0.15, 0.2) is 0 Å². The number of benzene rings is 1. The van der Waals surface area contributed by atoms with Crippen molar-refractivity contribution in [3.8, 4) is 0 Å². The van der Waals surface area contributed by atoms with Crippen LogP contribution in [0, 0.1) is 10.1 Å². The number of hydrogen-bond acceptors (Lipinski definition) is 5. The Morgan fingerprint density at radius 3 is 2.68 bits per heavy atom. The van der Waals surface area contributed by atoms with Crippen molar-refractivity contribution in [2.75, 3.05) is 17.3 Å². The van der Waals surface area contributed by atoms with Gasteiger partial charge >= 0.3 is 5.97 Å². The van der Waals surface area contributed by atoms with Crippen LogP contribution in [0.25, 0.3) is 0 Å². The molecular weight excluding hydrogens is 272 g/mol. The first kappa shape index (κ1) is 15.1. The van der Waals surface area contributed by atoms with Gasteiger partial charge in [-0.2, -0.15) is 0 Å². The lowest BCUT2D eigenvalue weighted by Crippen LogP contribution is -2.24. The van der Waals surface area contributed by atoms with E-state index < -0.39 is 21.7 Å². The largest absolute Gasteiger partial charge is 0.478 e. The Kier molecular flexibility index (Phi) is 4.99. The molecule has 19 heavy (non-hydrogen) atoms. The molecule has 0 heterocycles. The summed E-state index contributed by atoms with van der Waals surface area (Å²) < 4.78 is 11.1. The number of carbonyl (C=O) groups is 1. The normalized spacial score (nSPS) is 13.6. The summed E-state index contributed by atoms with van der Waals surface area (Å²) in [4.78, 5) is 21.3. The smallest absolute Gasteiger partial charge is 0.338 e. The average Bonchev–Trinajstić information content (AvgIpc) is 2.27. The van der Waals surface area contributed by atoms with Gasteiger partial charge in [-0.05, 0) is 13.0 Å². The van der Waals surface area contributed by atoms with Crippen molar-refractivity contribution in [3.63, 3.8) is 0 Å². The molecule has 1 rings (SSSR count). The van der Waals surface area contributed by atoms with Crippen LogP contribution in [0.5, 0.6) is 0 Å². The molecule has 0 bridgehead atoms. The van der Waals surface area contributed by atoms with Crippen molar-refractivity contribution in [2.45, 2.75) is 13.0 Å². The molecule has 0 saturated carbocycles. The summed E-state index contributed by atoms with van der Waals surface area (Å²) in [6.45, 7) is 1.68. The number of para-hydroxylation sites is 1. The molecule has 1 aromatic carbocycles. The first-order valence-electron chi connectivity index (χ1n) is 5.40. The number of anilines is 1. The maximum absolute atomic E-state index is 11.1. The van der Waals surface area contributed by atoms with Crippen LogP contribution in [0.15, 0.2) is 18.2 Å². The number of nitrogens with zero attached hydrogens (tertiary/aromatic N) is 1. The van der Waals surface area contributed by atoms with Gasteiger partial charge in [0, 0.05) is 34.9 Å². The summed E-state index contributed by atoms with van der Waals surface area (Å²) in [5.74, 6) is -0.985. The third-order valence-electron chi connectivity index (χ3n) is 2.35. The van der Waals surface area contributed by atoms with Crippen molar-refractivity contribution >= 4 is 28.1 Å². The fraction of sp³-hybridized carbons (Fsp3) is 0.364. The van der Waals surface area contributed by atoms with E-state index in [1.807, 2.05) is 0 Å². The molecule has 0 saturated heterocycles. The van der Waals surface area contributed by atoms with Crippen LogP contribution in [0.1, 0.15) is 17.3 Å². The van der Waals surface area contributed by atoms with Gasteiger partial charge in [0.1, 0.15) is 5.69 Å². The Hall–Kier alpha value is -1.96. The van der Waals surface area contributed by atoms with Gasteiger partial charge in [0.05, 0.1) is 10.5 Å². The number of hydrogen-bond donors (Lipinski definition) is 2. The molecule has 0 spiro atoms. The predicted molar refractivity (Wildman–Crippen MR) is 72.1 cm³/mol. The number of aromatic carboxylic acids is 1. The zero-order valence-corrected chi connectivity index (χ0v) is 11.3. The molecule has 0 aromatic heterocycles. The summed E-state index contributed by atoms with van der Waals surface area (Å²) in [5.41, 5.74) is -0.547. The van der Waals surface area contributed by atoms with E-state index in [4.69, 9.17) is 5.11 Å². The molecule has 2 atom stereocenters. The summed E-state index contributed by atoms with van der Waals surface area (Å²) >= 11 is 0. The van der Waals surface area contributed by atoms with E-state index in [0.717, 1.165) is 0 Å². The lowest BCUT2D eigenvalue weighted by molar-refractivity contribution is -0.384. The SMILES string of the molecule is CC(CS(C)=O)Nc1c(C(=O)O)cccc1[N+](=O)[O-]. The highest BCUT2D eigenvalue weighted by Crippen LogP contribution is 2.29. The van der Waals surface area contributed by atoms with Gasteiger partial charge in [-0.25, -0.2) is 4.79 Å². The van der Waals surface area contributed by atoms with Crippen LogP contribution in [0.2, 0.25) is 0 Å². The lowest BCUT2D eigenvalue weighted by atomic mass is 10.1. The van der Waals surface area contributed by atoms with Crippen LogP contribution >= 0.6 is 0 Å². The topological polar surface area (TPSA) is 110 Å². The Morgan fingerprint density at radius 1 is 1.58 bits per heavy atom. The fourth-order valence-electron chi connectivity index (χ4n) is 1.66. The summed E-state index contributed by atoms with van der Waals surface area (Å²) in [5, 5.41) is 22.7. The molecule has 1 aromatic rings. The second kappa shape index (κ2) is 6.28. The molecule has 0 radical (unpaired) electrons. The lowest BCUT2D eigenvalue weighted by Gasteiger charge is -2.15. The maximum atomic E-state index is 11.1. The molecule has 2 N–H and O–H groups in total. The van der Waals surface area contributed by atoms with E-state index in [-0.39, 0.29) is 28.7 Å². The van der Waals surface area contributed by atoms with Crippen molar-refractivity contribution < 1.29 is 19.0 Å². The molecule has 104 valence electrons. The van der Waals surface area contributed by atoms with Gasteiger partial charge in [-0.15, -0.1) is 0 Å². The van der Waals surface area contributed by atoms with Gasteiger partial charge in [0.2, 0.25) is 0 Å². The molecule has 7 nitrogen and oxygen atoms in total. The molecule has 0 fully saturated rings. The van der Waals surface area contributed by atoms with E-state index in [9.17, 15) is 19.1 Å². The number of nitrogens with one attached hydrogen (secondary N) is 1. The second-order valence-corrected chi connectivity index (χ2v) is 5.53. The summed E-state index contributed by atoms with van der Waals surface area (Å²) in [6, 6.07) is 3.48. The Bertz CT molecular complexity index is 500. The van der Waals surface area contributed by atoms with Gasteiger partial charge in [-0.3, -0.25) is 14.3 Å². The van der Waals surface area contributed by atoms with E-state index in [0.29, 0.717) is 0 Å². The Labute approximate surface area is 112 Å². The molecular formula is C11H14N2O5S. The number of rotatable bonds is 6. The van der Waals surface area contributed by atoms with E-state index in [1.54, 1.807) is 6.92 Å². The maximum Gasteiger partial charge on any atom is 0.338 e. The third kappa shape index (κ3) is 4.02. The monoisotopic (exact) mass is 286 g/mol. The standard InChI is InChI=1S/C11H14N2O5S/c1-7(6-19(2)18)12-10-8(11(14)15)4-3-5-9(10)13(16)17/h3-5,7,12H,6H2,1-2H3,(H,14,15). The molecule has 0 aliphatic rings. The van der Waals surface area contributed by atoms with Crippen LogP contribution in [0.3, 0.4) is 0 Å². The Morgan fingerprint density at radius 2 is 2.21 bits per heavy atom. The Balaban J connectivity index is 3.18. The second-order valence-electron chi connectivity index (χ2n) is 4.05. The number of carboxylic acids is 1. The molecule has 0 amide bonds. The molecule has 2 unspecified atom stereocenters. The minimum atomic E-state index is -1.25. The first-order chi connectivity index (χ1) is 8.82. The fourth-order valence-corrected chi connectivity index (χ4v) is 2.45. The summed E-state index contributed by atoms with van der Waals surface area (Å²) in [6.07, 6.45) is 1.51. The van der Waals surface area contributed by atoms with Crippen LogP contribution in [0.4, 0.5) is 11.4 Å². The van der Waals surface area contributed by atoms with Gasteiger partial charge in [0.25, 0.3) is 5.69 Å². The van der Waals surface area contributed by atoms with Crippen molar-refractivity contribution in [1.29, 1.82) is 0 Å². The minimum Gasteiger partial charge on any atom is -0.478 e. The molecule has 0 aliphatic heterocycles. The highest BCUT2D eigenvalue weighted by atomic mass is 32.2. The predicted octanol–water partition coefficient (Wildman–Crippen LogP) is 1.47. The molecule has 8 heteroatoms. The van der Waals surface area contributed by atoms with E-state index >= 15 is 0 Å². The summed E-state index contributed by atoms with van der Waals surface area (Å²) in [7, 11) is -1.08. The molecule has 0 aliphatic carbocycles. The minimum absolute atomic E-state index is 0.0575. The zero-order valence-electron chi connectivity index (χ0n) is 10.5. The quantitative estimate of drug-likeness (QED) is 0.605. The first-order valence-corrected chi connectivity index (χ1v) is 7.13. The van der Waals surface area contributed by atoms with Crippen molar-refractivity contribution in [1.82, 2.24) is 0 Å². The van der Waals surface area contributed by atoms with Crippen molar-refractivity contribution in [3.05, 3.63) is 33.9 Å². The third-order valence-corrected chi connectivity index (χ3v) is 3.31.